The average Bonchev–Trinajstić information content (AvgIpc) is 2.78. The molecule has 0 aliphatic rings. The van der Waals surface area contributed by atoms with Crippen LogP contribution in [-0.2, 0) is 25.7 Å². The van der Waals surface area contributed by atoms with Crippen molar-refractivity contribution in [3.8, 4) is 11.8 Å². The monoisotopic (exact) mass is 453 g/mol. The third-order valence-electron chi connectivity index (χ3n) is 5.29. The van der Waals surface area contributed by atoms with Crippen LogP contribution in [-0.4, -0.2) is 6.61 Å². The third-order valence-corrected chi connectivity index (χ3v) is 5.29. The summed E-state index contributed by atoms with van der Waals surface area (Å²) in [7, 11) is 0. The number of rotatable bonds is 10. The molecule has 0 N–H and O–H groups in total. The molecule has 0 saturated carbocycles. The lowest BCUT2D eigenvalue weighted by molar-refractivity contribution is 0.325. The van der Waals surface area contributed by atoms with E-state index in [1.165, 1.54) is 18.2 Å². The van der Waals surface area contributed by atoms with E-state index in [2.05, 4.69) is 6.58 Å². The Kier molecular flexibility index (Phi) is 8.26. The molecule has 3 rings (SSSR count). The normalized spacial score (nSPS) is 10.6. The van der Waals surface area contributed by atoms with Gasteiger partial charge >= 0.3 is 0 Å². The van der Waals surface area contributed by atoms with Gasteiger partial charge in [-0.25, -0.2) is 17.6 Å². The Morgan fingerprint density at radius 3 is 1.82 bits per heavy atom. The Labute approximate surface area is 190 Å². The van der Waals surface area contributed by atoms with E-state index < -0.39 is 28.8 Å². The molecule has 2 nitrogen and oxygen atoms in total. The van der Waals surface area contributed by atoms with Gasteiger partial charge < -0.3 is 4.74 Å². The van der Waals surface area contributed by atoms with E-state index in [0.29, 0.717) is 25.0 Å². The van der Waals surface area contributed by atoms with Crippen molar-refractivity contribution in [2.45, 2.75) is 32.1 Å². The standard InChI is InChI=1S/C27H23F4NO/c1-2-3-12-33-21-9-6-18(7-10-21)4-5-19-13-24(28)22(25(29)14-19)11-8-20-15-26(30)23(17-32)27(31)16-20/h2,6-7,9-10,13-16H,1,3-5,8,11-12H2. The molecule has 6 heteroatoms. The molecule has 170 valence electrons. The van der Waals surface area contributed by atoms with Crippen molar-refractivity contribution in [3.05, 3.63) is 112 Å². The Morgan fingerprint density at radius 2 is 1.27 bits per heavy atom. The van der Waals surface area contributed by atoms with Crippen LogP contribution >= 0.6 is 0 Å². The van der Waals surface area contributed by atoms with Gasteiger partial charge in [0.2, 0.25) is 0 Å². The first-order valence-electron chi connectivity index (χ1n) is 10.6. The molecule has 0 atom stereocenters. The molecule has 33 heavy (non-hydrogen) atoms. The molecule has 0 spiro atoms. The van der Waals surface area contributed by atoms with Crippen molar-refractivity contribution in [1.82, 2.24) is 0 Å². The second-order valence-corrected chi connectivity index (χ2v) is 7.65. The zero-order chi connectivity index (χ0) is 23.8. The van der Waals surface area contributed by atoms with Crippen molar-refractivity contribution >= 4 is 0 Å². The van der Waals surface area contributed by atoms with Gasteiger partial charge in [0.1, 0.15) is 40.7 Å². The van der Waals surface area contributed by atoms with Gasteiger partial charge in [-0.05, 0) is 85.2 Å². The number of nitriles is 1. The first-order valence-corrected chi connectivity index (χ1v) is 10.6. The fraction of sp³-hybridized carbons (Fsp3) is 0.222. The van der Waals surface area contributed by atoms with E-state index >= 15 is 0 Å². The average molecular weight is 453 g/mol. The van der Waals surface area contributed by atoms with Crippen LogP contribution in [0.2, 0.25) is 0 Å². The van der Waals surface area contributed by atoms with Crippen LogP contribution in [0.3, 0.4) is 0 Å². The molecule has 0 heterocycles. The fourth-order valence-corrected chi connectivity index (χ4v) is 3.49. The van der Waals surface area contributed by atoms with Gasteiger partial charge in [-0.15, -0.1) is 6.58 Å². The number of ether oxygens (including phenoxy) is 1. The van der Waals surface area contributed by atoms with Crippen molar-refractivity contribution in [1.29, 1.82) is 5.26 Å². The molecule has 0 saturated heterocycles. The molecule has 0 aliphatic heterocycles. The summed E-state index contributed by atoms with van der Waals surface area (Å²) in [6.07, 6.45) is 3.58. The van der Waals surface area contributed by atoms with Crippen molar-refractivity contribution < 1.29 is 22.3 Å². The highest BCUT2D eigenvalue weighted by atomic mass is 19.1. The summed E-state index contributed by atoms with van der Waals surface area (Å²) in [5.74, 6) is -2.60. The van der Waals surface area contributed by atoms with Gasteiger partial charge in [-0.2, -0.15) is 5.26 Å². The van der Waals surface area contributed by atoms with Crippen molar-refractivity contribution in [3.63, 3.8) is 0 Å². The topological polar surface area (TPSA) is 33.0 Å². The predicted octanol–water partition coefficient (Wildman–Crippen LogP) is 6.64. The van der Waals surface area contributed by atoms with Gasteiger partial charge in [0.05, 0.1) is 6.61 Å². The van der Waals surface area contributed by atoms with Crippen molar-refractivity contribution in [2.24, 2.45) is 0 Å². The zero-order valence-electron chi connectivity index (χ0n) is 18.0. The van der Waals surface area contributed by atoms with E-state index in [4.69, 9.17) is 10.00 Å². The van der Waals surface area contributed by atoms with Crippen LogP contribution in [0.25, 0.3) is 0 Å². The number of nitrogens with zero attached hydrogens (tertiary/aromatic N) is 1. The summed E-state index contributed by atoms with van der Waals surface area (Å²) in [5, 5.41) is 8.73. The lowest BCUT2D eigenvalue weighted by Gasteiger charge is -2.10. The van der Waals surface area contributed by atoms with Crippen LogP contribution in [0.5, 0.6) is 5.75 Å². The molecule has 0 aliphatic carbocycles. The molecule has 3 aromatic rings. The van der Waals surface area contributed by atoms with Gasteiger partial charge in [0.25, 0.3) is 0 Å². The van der Waals surface area contributed by atoms with Gasteiger partial charge in [-0.1, -0.05) is 18.2 Å². The maximum Gasteiger partial charge on any atom is 0.144 e. The highest BCUT2D eigenvalue weighted by Gasteiger charge is 2.14. The molecule has 0 radical (unpaired) electrons. The quantitative estimate of drug-likeness (QED) is 0.196. The van der Waals surface area contributed by atoms with E-state index in [9.17, 15) is 17.6 Å². The molecule has 0 bridgehead atoms. The molecule has 0 amide bonds. The maximum absolute atomic E-state index is 14.6. The van der Waals surface area contributed by atoms with Crippen LogP contribution in [0.4, 0.5) is 17.6 Å². The minimum atomic E-state index is -0.986. The summed E-state index contributed by atoms with van der Waals surface area (Å²) in [4.78, 5) is 0. The number of aryl methyl sites for hydroxylation is 3. The minimum absolute atomic E-state index is 0.0357. The van der Waals surface area contributed by atoms with Crippen LogP contribution in [0.1, 0.15) is 34.2 Å². The second-order valence-electron chi connectivity index (χ2n) is 7.65. The lowest BCUT2D eigenvalue weighted by Crippen LogP contribution is -2.03. The zero-order valence-corrected chi connectivity index (χ0v) is 18.0. The summed E-state index contributed by atoms with van der Waals surface area (Å²) in [6, 6.07) is 13.6. The number of hydrogen-bond donors (Lipinski definition) is 0. The lowest BCUT2D eigenvalue weighted by atomic mass is 9.98. The minimum Gasteiger partial charge on any atom is -0.493 e. The van der Waals surface area contributed by atoms with Crippen LogP contribution in [0, 0.1) is 34.6 Å². The number of halogens is 4. The smallest absolute Gasteiger partial charge is 0.144 e. The van der Waals surface area contributed by atoms with E-state index in [0.717, 1.165) is 29.9 Å². The third kappa shape index (κ3) is 6.45. The highest BCUT2D eigenvalue weighted by molar-refractivity contribution is 5.36. The Balaban J connectivity index is 1.61. The van der Waals surface area contributed by atoms with Crippen LogP contribution in [0.15, 0.2) is 61.2 Å². The molecular weight excluding hydrogens is 430 g/mol. The first kappa shape index (κ1) is 24.1. The van der Waals surface area contributed by atoms with Gasteiger partial charge in [-0.3, -0.25) is 0 Å². The molecule has 0 aromatic heterocycles. The molecule has 0 unspecified atom stereocenters. The Bertz CT molecular complexity index is 1120. The largest absolute Gasteiger partial charge is 0.493 e. The second kappa shape index (κ2) is 11.3. The van der Waals surface area contributed by atoms with Crippen molar-refractivity contribution in [2.75, 3.05) is 6.61 Å². The first-order chi connectivity index (χ1) is 15.9. The summed E-state index contributed by atoms with van der Waals surface area (Å²) in [6.45, 7) is 4.20. The van der Waals surface area contributed by atoms with Crippen LogP contribution < -0.4 is 4.74 Å². The molecular formula is C27H23F4NO. The Hall–Kier alpha value is -3.59. The SMILES string of the molecule is C=CCCOc1ccc(CCc2cc(F)c(CCc3cc(F)c(C#N)c(F)c3)c(F)c2)cc1. The summed E-state index contributed by atoms with van der Waals surface area (Å²) in [5.41, 5.74) is 0.959. The van der Waals surface area contributed by atoms with Gasteiger partial charge in [0, 0.05) is 5.56 Å². The van der Waals surface area contributed by atoms with E-state index in [-0.39, 0.29) is 24.0 Å². The predicted molar refractivity (Wildman–Crippen MR) is 119 cm³/mol. The summed E-state index contributed by atoms with van der Waals surface area (Å²) < 4.78 is 62.2. The van der Waals surface area contributed by atoms with E-state index in [1.54, 1.807) is 6.08 Å². The number of hydrogen-bond acceptors (Lipinski definition) is 2. The summed E-state index contributed by atoms with van der Waals surface area (Å²) >= 11 is 0. The maximum atomic E-state index is 14.6. The van der Waals surface area contributed by atoms with E-state index in [1.807, 2.05) is 24.3 Å². The number of benzene rings is 3. The Morgan fingerprint density at radius 1 is 0.758 bits per heavy atom. The van der Waals surface area contributed by atoms with Gasteiger partial charge in [0.15, 0.2) is 0 Å². The molecule has 0 fully saturated rings. The molecule has 3 aromatic carbocycles. The fourth-order valence-electron chi connectivity index (χ4n) is 3.49. The highest BCUT2D eigenvalue weighted by Crippen LogP contribution is 2.21.